The smallest absolute Gasteiger partial charge is 0.0847 e. The average Bonchev–Trinajstić information content (AvgIpc) is 2.46. The van der Waals surface area contributed by atoms with Crippen LogP contribution in [0, 0.1) is 0 Å². The fourth-order valence-corrected chi connectivity index (χ4v) is 2.92. The van der Waals surface area contributed by atoms with Gasteiger partial charge in [-0.15, -0.1) is 11.6 Å². The lowest BCUT2D eigenvalue weighted by Crippen LogP contribution is -2.38. The molecule has 0 spiro atoms. The minimum Gasteiger partial charge on any atom is -0.390 e. The molecule has 1 aromatic carbocycles. The normalized spacial score (nSPS) is 20.8. The third kappa shape index (κ3) is 3.94. The summed E-state index contributed by atoms with van der Waals surface area (Å²) in [5.41, 5.74) is 2.12. The quantitative estimate of drug-likeness (QED) is 0.812. The summed E-state index contributed by atoms with van der Waals surface area (Å²) in [7, 11) is 0. The van der Waals surface area contributed by atoms with Crippen molar-refractivity contribution in [2.45, 2.75) is 38.3 Å². The molecule has 0 radical (unpaired) electrons. The van der Waals surface area contributed by atoms with E-state index in [1.54, 1.807) is 0 Å². The molecule has 0 saturated carbocycles. The first-order valence-corrected chi connectivity index (χ1v) is 8.07. The van der Waals surface area contributed by atoms with Crippen molar-refractivity contribution in [3.63, 3.8) is 0 Å². The molecule has 0 amide bonds. The molecular formula is C15H22Cl2N2O. The van der Waals surface area contributed by atoms with E-state index in [0.717, 1.165) is 17.9 Å². The summed E-state index contributed by atoms with van der Waals surface area (Å²) in [6.07, 6.45) is 3.17. The number of aliphatic hydroxyl groups excluding tert-OH is 1. The summed E-state index contributed by atoms with van der Waals surface area (Å²) in [4.78, 5) is 2.41. The number of alkyl halides is 1. The van der Waals surface area contributed by atoms with E-state index in [1.807, 2.05) is 12.1 Å². The Kier molecular flexibility index (Phi) is 5.82. The third-order valence-corrected chi connectivity index (χ3v) is 4.37. The van der Waals surface area contributed by atoms with Crippen LogP contribution in [0.4, 0.5) is 11.4 Å². The van der Waals surface area contributed by atoms with Crippen LogP contribution in [0.15, 0.2) is 18.2 Å². The molecule has 112 valence electrons. The maximum Gasteiger partial charge on any atom is 0.0847 e. The summed E-state index contributed by atoms with van der Waals surface area (Å²) in [6.45, 7) is 3.75. The number of hydrogen-bond donors (Lipinski definition) is 2. The van der Waals surface area contributed by atoms with E-state index >= 15 is 0 Å². The first-order valence-electron chi connectivity index (χ1n) is 7.16. The molecule has 1 aliphatic rings. The van der Waals surface area contributed by atoms with Gasteiger partial charge in [0.1, 0.15) is 0 Å². The van der Waals surface area contributed by atoms with E-state index < -0.39 is 6.10 Å². The molecular weight excluding hydrogens is 295 g/mol. The van der Waals surface area contributed by atoms with Crippen molar-refractivity contribution >= 4 is 34.6 Å². The van der Waals surface area contributed by atoms with Crippen LogP contribution in [-0.4, -0.2) is 36.2 Å². The molecule has 0 aromatic heterocycles. The minimum absolute atomic E-state index is 0.225. The lowest BCUT2D eigenvalue weighted by atomic mass is 10.0. The van der Waals surface area contributed by atoms with Gasteiger partial charge in [-0.1, -0.05) is 11.6 Å². The lowest BCUT2D eigenvalue weighted by molar-refractivity contribution is 0.211. The van der Waals surface area contributed by atoms with Crippen molar-refractivity contribution in [1.29, 1.82) is 0 Å². The number of rotatable bonds is 5. The van der Waals surface area contributed by atoms with Crippen LogP contribution >= 0.6 is 23.2 Å². The first kappa shape index (κ1) is 15.7. The molecule has 0 aliphatic carbocycles. The Bertz CT molecular complexity index is 442. The van der Waals surface area contributed by atoms with Gasteiger partial charge in [0, 0.05) is 24.2 Å². The van der Waals surface area contributed by atoms with E-state index in [4.69, 9.17) is 23.2 Å². The van der Waals surface area contributed by atoms with Crippen molar-refractivity contribution in [2.75, 3.05) is 29.2 Å². The number of anilines is 2. The summed E-state index contributed by atoms with van der Waals surface area (Å²) in [5.74, 6) is 0.225. The zero-order valence-corrected chi connectivity index (χ0v) is 13.3. The van der Waals surface area contributed by atoms with Gasteiger partial charge >= 0.3 is 0 Å². The molecule has 5 heteroatoms. The maximum atomic E-state index is 9.60. The molecule has 1 heterocycles. The second kappa shape index (κ2) is 7.39. The van der Waals surface area contributed by atoms with Gasteiger partial charge in [-0.25, -0.2) is 0 Å². The van der Waals surface area contributed by atoms with Crippen LogP contribution in [0.25, 0.3) is 0 Å². The number of hydrogen-bond acceptors (Lipinski definition) is 3. The van der Waals surface area contributed by atoms with Crippen LogP contribution in [0.3, 0.4) is 0 Å². The fourth-order valence-electron chi connectivity index (χ4n) is 2.64. The molecule has 3 nitrogen and oxygen atoms in total. The summed E-state index contributed by atoms with van der Waals surface area (Å²) in [5, 5.41) is 13.6. The highest BCUT2D eigenvalue weighted by Crippen LogP contribution is 2.33. The van der Waals surface area contributed by atoms with Gasteiger partial charge in [0.05, 0.1) is 23.4 Å². The van der Waals surface area contributed by atoms with E-state index in [9.17, 15) is 5.11 Å². The molecule has 2 unspecified atom stereocenters. The van der Waals surface area contributed by atoms with Gasteiger partial charge < -0.3 is 15.3 Å². The number of halogens is 2. The number of nitrogens with one attached hydrogen (secondary N) is 1. The highest BCUT2D eigenvalue weighted by molar-refractivity contribution is 6.31. The zero-order valence-electron chi connectivity index (χ0n) is 11.8. The summed E-state index contributed by atoms with van der Waals surface area (Å²) in [6, 6.07) is 6.42. The second-order valence-corrected chi connectivity index (χ2v) is 6.13. The Morgan fingerprint density at radius 1 is 1.45 bits per heavy atom. The van der Waals surface area contributed by atoms with Crippen LogP contribution in [-0.2, 0) is 0 Å². The van der Waals surface area contributed by atoms with Gasteiger partial charge in [-0.3, -0.25) is 0 Å². The molecule has 1 saturated heterocycles. The van der Waals surface area contributed by atoms with E-state index in [-0.39, 0.29) is 5.88 Å². The number of benzene rings is 1. The van der Waals surface area contributed by atoms with Crippen molar-refractivity contribution < 1.29 is 5.11 Å². The van der Waals surface area contributed by atoms with Crippen molar-refractivity contribution in [1.82, 2.24) is 0 Å². The highest BCUT2D eigenvalue weighted by Gasteiger charge is 2.21. The Labute approximate surface area is 130 Å². The van der Waals surface area contributed by atoms with E-state index in [2.05, 4.69) is 23.2 Å². The highest BCUT2D eigenvalue weighted by atomic mass is 35.5. The monoisotopic (exact) mass is 316 g/mol. The van der Waals surface area contributed by atoms with Gasteiger partial charge in [-0.2, -0.15) is 0 Å². The molecule has 0 bridgehead atoms. The summed E-state index contributed by atoms with van der Waals surface area (Å²) >= 11 is 11.7. The predicted octanol–water partition coefficient (Wildman–Crippen LogP) is 3.73. The predicted molar refractivity (Wildman–Crippen MR) is 87.3 cm³/mol. The van der Waals surface area contributed by atoms with Crippen LogP contribution in [0.1, 0.15) is 26.2 Å². The van der Waals surface area contributed by atoms with Crippen LogP contribution < -0.4 is 10.2 Å². The topological polar surface area (TPSA) is 35.5 Å². The molecule has 20 heavy (non-hydrogen) atoms. The zero-order chi connectivity index (χ0) is 14.5. The van der Waals surface area contributed by atoms with Gasteiger partial charge in [0.2, 0.25) is 0 Å². The third-order valence-electron chi connectivity index (χ3n) is 3.78. The fraction of sp³-hybridized carbons (Fsp3) is 0.600. The molecule has 1 fully saturated rings. The van der Waals surface area contributed by atoms with E-state index in [1.165, 1.54) is 19.3 Å². The number of aliphatic hydroxyl groups is 1. The Hall–Kier alpha value is -0.640. The van der Waals surface area contributed by atoms with Crippen molar-refractivity contribution in [3.8, 4) is 0 Å². The molecule has 2 rings (SSSR count). The standard InChI is InChI=1S/C15H22Cl2N2O/c1-11-4-2-3-7-19(11)15-6-5-12(17)8-14(15)18-10-13(20)9-16/h5-6,8,11,13,18,20H,2-4,7,9-10H2,1H3. The lowest BCUT2D eigenvalue weighted by Gasteiger charge is -2.36. The molecule has 1 aromatic rings. The van der Waals surface area contributed by atoms with Gasteiger partial charge in [-0.05, 0) is 44.4 Å². The molecule has 1 aliphatic heterocycles. The number of nitrogens with zero attached hydrogens (tertiary/aromatic N) is 1. The second-order valence-electron chi connectivity index (χ2n) is 5.39. The SMILES string of the molecule is CC1CCCCN1c1ccc(Cl)cc1NCC(O)CCl. The van der Waals surface area contributed by atoms with Crippen molar-refractivity contribution in [2.24, 2.45) is 0 Å². The average molecular weight is 317 g/mol. The van der Waals surface area contributed by atoms with Gasteiger partial charge in [0.25, 0.3) is 0 Å². The molecule has 2 atom stereocenters. The summed E-state index contributed by atoms with van der Waals surface area (Å²) < 4.78 is 0. The Morgan fingerprint density at radius 3 is 2.95 bits per heavy atom. The van der Waals surface area contributed by atoms with Gasteiger partial charge in [0.15, 0.2) is 0 Å². The van der Waals surface area contributed by atoms with E-state index in [0.29, 0.717) is 17.6 Å². The Morgan fingerprint density at radius 2 is 2.25 bits per heavy atom. The van der Waals surface area contributed by atoms with Crippen LogP contribution in [0.2, 0.25) is 5.02 Å². The maximum absolute atomic E-state index is 9.60. The first-order chi connectivity index (χ1) is 9.61. The Balaban J connectivity index is 2.18. The minimum atomic E-state index is -0.553. The van der Waals surface area contributed by atoms with Crippen molar-refractivity contribution in [3.05, 3.63) is 23.2 Å². The largest absolute Gasteiger partial charge is 0.390 e. The number of piperidine rings is 1. The van der Waals surface area contributed by atoms with Crippen LogP contribution in [0.5, 0.6) is 0 Å². The molecule has 2 N–H and O–H groups in total.